The summed E-state index contributed by atoms with van der Waals surface area (Å²) in [5, 5.41) is 9.83. The van der Waals surface area contributed by atoms with E-state index in [2.05, 4.69) is 23.7 Å². The molecule has 0 amide bonds. The highest BCUT2D eigenvalue weighted by Gasteiger charge is 2.16. The first-order chi connectivity index (χ1) is 12.0. The minimum atomic E-state index is -0.954. The zero-order valence-corrected chi connectivity index (χ0v) is 15.9. The van der Waals surface area contributed by atoms with Crippen molar-refractivity contribution in [3.8, 4) is 22.1 Å². The van der Waals surface area contributed by atoms with Crippen LogP contribution >= 0.6 is 11.3 Å². The van der Waals surface area contributed by atoms with E-state index in [1.54, 1.807) is 14.0 Å². The van der Waals surface area contributed by atoms with Crippen LogP contribution in [-0.2, 0) is 0 Å². The summed E-state index contributed by atoms with van der Waals surface area (Å²) in [6.07, 6.45) is 0. The number of nitrogens with zero attached hydrogens (tertiary/aromatic N) is 2. The predicted octanol–water partition coefficient (Wildman–Crippen LogP) is 3.55. The summed E-state index contributed by atoms with van der Waals surface area (Å²) >= 11 is 1.16. The fraction of sp³-hybridized carbons (Fsp3) is 0.444. The van der Waals surface area contributed by atoms with Gasteiger partial charge in [-0.3, -0.25) is 0 Å². The van der Waals surface area contributed by atoms with Crippen LogP contribution in [-0.4, -0.2) is 54.3 Å². The van der Waals surface area contributed by atoms with Gasteiger partial charge in [0, 0.05) is 12.1 Å². The average molecular weight is 364 g/mol. The van der Waals surface area contributed by atoms with Gasteiger partial charge in [0.05, 0.1) is 12.8 Å². The van der Waals surface area contributed by atoms with Crippen molar-refractivity contribution in [3.63, 3.8) is 0 Å². The number of aromatic carboxylic acids is 1. The summed E-state index contributed by atoms with van der Waals surface area (Å²) in [6.45, 7) is 9.37. The fourth-order valence-electron chi connectivity index (χ4n) is 2.46. The summed E-state index contributed by atoms with van der Waals surface area (Å²) in [4.78, 5) is 18.1. The molecule has 7 heteroatoms. The molecule has 1 heterocycles. The molecule has 1 aromatic heterocycles. The number of thiazole rings is 1. The van der Waals surface area contributed by atoms with Crippen molar-refractivity contribution < 1.29 is 19.4 Å². The van der Waals surface area contributed by atoms with Gasteiger partial charge >= 0.3 is 5.97 Å². The molecule has 0 saturated heterocycles. The Balaban J connectivity index is 2.16. The lowest BCUT2D eigenvalue weighted by atomic mass is 10.2. The summed E-state index contributed by atoms with van der Waals surface area (Å²) < 4.78 is 11.3. The Hall–Kier alpha value is -2.12. The maximum Gasteiger partial charge on any atom is 0.347 e. The highest BCUT2D eigenvalue weighted by molar-refractivity contribution is 7.17. The Bertz CT molecular complexity index is 726. The Morgan fingerprint density at radius 2 is 2.00 bits per heavy atom. The molecule has 0 bridgehead atoms. The number of hydrogen-bond donors (Lipinski definition) is 1. The number of benzene rings is 1. The molecule has 0 aliphatic rings. The Morgan fingerprint density at radius 3 is 2.56 bits per heavy atom. The minimum Gasteiger partial charge on any atom is -0.493 e. The van der Waals surface area contributed by atoms with Gasteiger partial charge in [-0.2, -0.15) is 0 Å². The molecule has 0 unspecified atom stereocenters. The van der Waals surface area contributed by atoms with Crippen LogP contribution in [0.1, 0.15) is 29.2 Å². The van der Waals surface area contributed by atoms with E-state index in [-0.39, 0.29) is 4.88 Å². The quantitative estimate of drug-likeness (QED) is 0.734. The molecule has 25 heavy (non-hydrogen) atoms. The smallest absolute Gasteiger partial charge is 0.347 e. The van der Waals surface area contributed by atoms with E-state index in [0.29, 0.717) is 28.8 Å². The molecule has 1 aromatic carbocycles. The number of carboxylic acid groups (broad SMARTS) is 1. The fourth-order valence-corrected chi connectivity index (χ4v) is 3.36. The summed E-state index contributed by atoms with van der Waals surface area (Å²) in [7, 11) is 1.59. The van der Waals surface area contributed by atoms with Crippen LogP contribution in [0.5, 0.6) is 11.5 Å². The molecule has 136 valence electrons. The largest absolute Gasteiger partial charge is 0.493 e. The van der Waals surface area contributed by atoms with E-state index in [0.717, 1.165) is 36.5 Å². The molecule has 0 aliphatic heterocycles. The van der Waals surface area contributed by atoms with Gasteiger partial charge in [0.1, 0.15) is 16.5 Å². The Kier molecular flexibility index (Phi) is 6.78. The summed E-state index contributed by atoms with van der Waals surface area (Å²) in [5.74, 6) is 0.330. The van der Waals surface area contributed by atoms with Gasteiger partial charge in [0.2, 0.25) is 0 Å². The number of methoxy groups -OCH3 is 1. The second-order valence-electron chi connectivity index (χ2n) is 5.48. The van der Waals surface area contributed by atoms with Crippen LogP contribution in [0.2, 0.25) is 0 Å². The van der Waals surface area contributed by atoms with Gasteiger partial charge in [-0.05, 0) is 38.2 Å². The van der Waals surface area contributed by atoms with Crippen LogP contribution in [0.3, 0.4) is 0 Å². The third kappa shape index (κ3) is 4.70. The third-order valence-electron chi connectivity index (χ3n) is 3.96. The lowest BCUT2D eigenvalue weighted by molar-refractivity contribution is 0.0701. The highest BCUT2D eigenvalue weighted by atomic mass is 32.1. The molecule has 0 spiro atoms. The zero-order valence-electron chi connectivity index (χ0n) is 15.0. The first-order valence-electron chi connectivity index (χ1n) is 8.24. The van der Waals surface area contributed by atoms with Crippen molar-refractivity contribution in [3.05, 3.63) is 28.8 Å². The van der Waals surface area contributed by atoms with Crippen molar-refractivity contribution in [2.24, 2.45) is 0 Å². The lowest BCUT2D eigenvalue weighted by Crippen LogP contribution is -2.27. The van der Waals surface area contributed by atoms with Crippen molar-refractivity contribution in [1.82, 2.24) is 9.88 Å². The van der Waals surface area contributed by atoms with Gasteiger partial charge in [-0.1, -0.05) is 13.8 Å². The molecule has 0 fully saturated rings. The molecule has 2 rings (SSSR count). The second-order valence-corrected chi connectivity index (χ2v) is 6.48. The van der Waals surface area contributed by atoms with Crippen molar-refractivity contribution in [2.75, 3.05) is 33.4 Å². The van der Waals surface area contributed by atoms with Gasteiger partial charge < -0.3 is 19.5 Å². The van der Waals surface area contributed by atoms with Crippen LogP contribution in [0, 0.1) is 6.92 Å². The topological polar surface area (TPSA) is 71.9 Å². The molecule has 6 nitrogen and oxygen atoms in total. The number of carboxylic acids is 1. The second kappa shape index (κ2) is 8.82. The predicted molar refractivity (Wildman–Crippen MR) is 99.1 cm³/mol. The van der Waals surface area contributed by atoms with E-state index in [4.69, 9.17) is 9.47 Å². The van der Waals surface area contributed by atoms with Crippen molar-refractivity contribution in [2.45, 2.75) is 20.8 Å². The zero-order chi connectivity index (χ0) is 18.4. The minimum absolute atomic E-state index is 0.258. The molecule has 0 atom stereocenters. The van der Waals surface area contributed by atoms with Crippen LogP contribution in [0.4, 0.5) is 0 Å². The van der Waals surface area contributed by atoms with Crippen LogP contribution in [0.15, 0.2) is 18.2 Å². The third-order valence-corrected chi connectivity index (χ3v) is 5.16. The monoisotopic (exact) mass is 364 g/mol. The standard InChI is InChI=1S/C18H24N2O4S/c1-5-20(6-2)9-10-24-14-8-7-13(11-15(14)23-4)17-19-12(3)16(25-17)18(21)22/h7-8,11H,5-6,9-10H2,1-4H3,(H,21,22). The summed E-state index contributed by atoms with van der Waals surface area (Å²) in [6, 6.07) is 5.55. The maximum atomic E-state index is 11.2. The number of hydrogen-bond acceptors (Lipinski definition) is 6. The van der Waals surface area contributed by atoms with E-state index in [9.17, 15) is 9.90 Å². The number of rotatable bonds is 9. The molecular weight excluding hydrogens is 340 g/mol. The number of ether oxygens (including phenoxy) is 2. The number of aromatic nitrogens is 1. The SMILES string of the molecule is CCN(CC)CCOc1ccc(-c2nc(C)c(C(=O)O)s2)cc1OC. The Morgan fingerprint density at radius 1 is 1.28 bits per heavy atom. The van der Waals surface area contributed by atoms with E-state index >= 15 is 0 Å². The van der Waals surface area contributed by atoms with E-state index in [1.165, 1.54) is 0 Å². The number of likely N-dealkylation sites (N-methyl/N-ethyl adjacent to an activating group) is 1. The first kappa shape index (κ1) is 19.2. The van der Waals surface area contributed by atoms with E-state index in [1.807, 2.05) is 18.2 Å². The molecular formula is C18H24N2O4S. The average Bonchev–Trinajstić information content (AvgIpc) is 3.01. The van der Waals surface area contributed by atoms with Crippen molar-refractivity contribution in [1.29, 1.82) is 0 Å². The molecule has 1 N–H and O–H groups in total. The molecule has 0 radical (unpaired) electrons. The highest BCUT2D eigenvalue weighted by Crippen LogP contribution is 2.35. The van der Waals surface area contributed by atoms with Gasteiger partial charge in [-0.15, -0.1) is 11.3 Å². The molecule has 0 aliphatic carbocycles. The molecule has 0 saturated carbocycles. The van der Waals surface area contributed by atoms with Gasteiger partial charge in [0.15, 0.2) is 11.5 Å². The van der Waals surface area contributed by atoms with E-state index < -0.39 is 5.97 Å². The first-order valence-corrected chi connectivity index (χ1v) is 9.06. The van der Waals surface area contributed by atoms with Crippen molar-refractivity contribution >= 4 is 17.3 Å². The number of carbonyl (C=O) groups is 1. The normalized spacial score (nSPS) is 10.9. The Labute approximate surface area is 152 Å². The maximum absolute atomic E-state index is 11.2. The molecule has 2 aromatic rings. The summed E-state index contributed by atoms with van der Waals surface area (Å²) in [5.41, 5.74) is 1.33. The van der Waals surface area contributed by atoms with Crippen LogP contribution < -0.4 is 9.47 Å². The van der Waals surface area contributed by atoms with Crippen LogP contribution in [0.25, 0.3) is 10.6 Å². The van der Waals surface area contributed by atoms with Gasteiger partial charge in [-0.25, -0.2) is 9.78 Å². The van der Waals surface area contributed by atoms with Gasteiger partial charge in [0.25, 0.3) is 0 Å². The number of aryl methyl sites for hydroxylation is 1. The lowest BCUT2D eigenvalue weighted by Gasteiger charge is -2.18.